The minimum atomic E-state index is -0.579. The molecule has 5 heteroatoms. The van der Waals surface area contributed by atoms with Crippen LogP contribution in [0.4, 0.5) is 0 Å². The van der Waals surface area contributed by atoms with Crippen LogP contribution >= 0.6 is 0 Å². The van der Waals surface area contributed by atoms with Gasteiger partial charge in [0.1, 0.15) is 6.61 Å². The predicted octanol–water partition coefficient (Wildman–Crippen LogP) is 19.1. The number of carbonyl (C=O) groups excluding carboxylic acids is 2. The fourth-order valence-electron chi connectivity index (χ4n) is 7.15. The Hall–Kier alpha value is -3.96. The van der Waals surface area contributed by atoms with Gasteiger partial charge in [0, 0.05) is 19.4 Å². The summed E-state index contributed by atoms with van der Waals surface area (Å²) in [6.07, 6.45) is 81.8. The highest BCUT2D eigenvalue weighted by Gasteiger charge is 2.17. The van der Waals surface area contributed by atoms with Crippen LogP contribution in [0.3, 0.4) is 0 Å². The van der Waals surface area contributed by atoms with Crippen LogP contribution in [0.1, 0.15) is 226 Å². The first-order valence-electron chi connectivity index (χ1n) is 27.7. The van der Waals surface area contributed by atoms with Gasteiger partial charge in [0.25, 0.3) is 0 Å². The molecule has 0 bridgehead atoms. The molecule has 0 heterocycles. The van der Waals surface area contributed by atoms with Crippen LogP contribution in [0.5, 0.6) is 0 Å². The SMILES string of the molecule is CC/C=C\C/C=C\C/C=C\C/C=C\C/C=C\CCCCOCC(COC(=O)CCCCCCCCC/C=C\C/C=C\C/C=C\CC)OC(=O)CCCCCCCCC/C=C\C/C=C\C/C=C\CC. The van der Waals surface area contributed by atoms with E-state index >= 15 is 0 Å². The van der Waals surface area contributed by atoms with E-state index in [0.29, 0.717) is 19.4 Å². The van der Waals surface area contributed by atoms with Crippen molar-refractivity contribution >= 4 is 11.9 Å². The van der Waals surface area contributed by atoms with Gasteiger partial charge in [0.2, 0.25) is 0 Å². The van der Waals surface area contributed by atoms with E-state index in [2.05, 4.69) is 154 Å². The highest BCUT2D eigenvalue weighted by molar-refractivity contribution is 5.70. The Labute approximate surface area is 419 Å². The molecule has 0 aliphatic heterocycles. The van der Waals surface area contributed by atoms with E-state index in [1.807, 2.05) is 0 Å². The van der Waals surface area contributed by atoms with E-state index in [1.165, 1.54) is 51.4 Å². The molecule has 0 rings (SSSR count). The van der Waals surface area contributed by atoms with Crippen molar-refractivity contribution in [1.82, 2.24) is 0 Å². The van der Waals surface area contributed by atoms with Crippen LogP contribution in [0.2, 0.25) is 0 Å². The van der Waals surface area contributed by atoms with Gasteiger partial charge < -0.3 is 14.2 Å². The average molecular weight is 940 g/mol. The summed E-state index contributed by atoms with van der Waals surface area (Å²) in [5.74, 6) is -0.451. The Balaban J connectivity index is 4.42. The third kappa shape index (κ3) is 54.6. The second-order valence-electron chi connectivity index (χ2n) is 17.7. The van der Waals surface area contributed by atoms with Crippen LogP contribution in [-0.2, 0) is 23.8 Å². The molecule has 384 valence electrons. The number of ether oxygens (including phenoxy) is 3. The summed E-state index contributed by atoms with van der Waals surface area (Å²) in [5.41, 5.74) is 0. The first-order valence-corrected chi connectivity index (χ1v) is 27.7. The number of unbranched alkanes of at least 4 members (excludes halogenated alkanes) is 16. The van der Waals surface area contributed by atoms with E-state index < -0.39 is 6.10 Å². The van der Waals surface area contributed by atoms with Gasteiger partial charge in [0.05, 0.1) is 6.61 Å². The van der Waals surface area contributed by atoms with Crippen LogP contribution in [0.15, 0.2) is 134 Å². The third-order valence-electron chi connectivity index (χ3n) is 11.2. The number of hydrogen-bond acceptors (Lipinski definition) is 5. The number of hydrogen-bond donors (Lipinski definition) is 0. The average Bonchev–Trinajstić information content (AvgIpc) is 3.34. The standard InChI is InChI=1S/C63H102O5/c1-4-7-10-13-16-19-22-25-28-31-34-37-40-43-46-49-52-55-58-66-59-61(68-63(65)57-54-51-48-45-42-39-36-33-30-27-24-21-18-15-12-9-6-3)60-67-62(64)56-53-50-47-44-41-38-35-32-29-26-23-20-17-14-11-8-5-2/h7-12,16-21,25-30,34,37,43,46,61H,4-6,13-15,22-24,31-33,35-36,38-42,44-45,47-60H2,1-3H3/b10-7-,11-8-,12-9-,19-16-,20-17-,21-18-,28-25-,29-26-,30-27-,37-34-,46-43-. The summed E-state index contributed by atoms with van der Waals surface area (Å²) in [6.45, 7) is 7.36. The molecule has 0 saturated carbocycles. The number of rotatable bonds is 49. The molecule has 68 heavy (non-hydrogen) atoms. The maximum Gasteiger partial charge on any atom is 0.306 e. The van der Waals surface area contributed by atoms with Crippen molar-refractivity contribution in [3.8, 4) is 0 Å². The van der Waals surface area contributed by atoms with Crippen molar-refractivity contribution in [2.45, 2.75) is 232 Å². The molecule has 0 N–H and O–H groups in total. The fraction of sp³-hybridized carbons (Fsp3) is 0.619. The van der Waals surface area contributed by atoms with Gasteiger partial charge in [-0.3, -0.25) is 9.59 Å². The topological polar surface area (TPSA) is 61.8 Å². The maximum absolute atomic E-state index is 12.9. The van der Waals surface area contributed by atoms with Gasteiger partial charge >= 0.3 is 11.9 Å². The Bertz CT molecular complexity index is 1430. The lowest BCUT2D eigenvalue weighted by atomic mass is 10.1. The van der Waals surface area contributed by atoms with Gasteiger partial charge in [-0.15, -0.1) is 0 Å². The minimum Gasteiger partial charge on any atom is -0.462 e. The quantitative estimate of drug-likeness (QED) is 0.0345. The molecule has 0 fully saturated rings. The maximum atomic E-state index is 12.9. The molecular weight excluding hydrogens is 837 g/mol. The molecule has 1 atom stereocenters. The molecule has 5 nitrogen and oxygen atoms in total. The predicted molar refractivity (Wildman–Crippen MR) is 297 cm³/mol. The summed E-state index contributed by atoms with van der Waals surface area (Å²) in [5, 5.41) is 0. The summed E-state index contributed by atoms with van der Waals surface area (Å²) in [6, 6.07) is 0. The van der Waals surface area contributed by atoms with E-state index in [4.69, 9.17) is 14.2 Å². The lowest BCUT2D eigenvalue weighted by Crippen LogP contribution is -2.30. The Morgan fingerprint density at radius 1 is 0.324 bits per heavy atom. The fourth-order valence-corrected chi connectivity index (χ4v) is 7.15. The third-order valence-corrected chi connectivity index (χ3v) is 11.2. The van der Waals surface area contributed by atoms with Crippen molar-refractivity contribution in [3.05, 3.63) is 134 Å². The first kappa shape index (κ1) is 64.0. The van der Waals surface area contributed by atoms with Crippen molar-refractivity contribution in [1.29, 1.82) is 0 Å². The number of esters is 2. The van der Waals surface area contributed by atoms with Crippen molar-refractivity contribution < 1.29 is 23.8 Å². The van der Waals surface area contributed by atoms with Gasteiger partial charge in [0.15, 0.2) is 6.10 Å². The molecule has 0 saturated heterocycles. The van der Waals surface area contributed by atoms with Crippen molar-refractivity contribution in [2.75, 3.05) is 19.8 Å². The Morgan fingerprint density at radius 2 is 0.618 bits per heavy atom. The van der Waals surface area contributed by atoms with Gasteiger partial charge in [-0.25, -0.2) is 0 Å². The highest BCUT2D eigenvalue weighted by atomic mass is 16.6. The molecular formula is C63H102O5. The molecule has 0 aromatic carbocycles. The molecule has 0 radical (unpaired) electrons. The largest absolute Gasteiger partial charge is 0.462 e. The number of carbonyl (C=O) groups is 2. The highest BCUT2D eigenvalue weighted by Crippen LogP contribution is 2.13. The van der Waals surface area contributed by atoms with Crippen molar-refractivity contribution in [3.63, 3.8) is 0 Å². The summed E-state index contributed by atoms with van der Waals surface area (Å²) in [4.78, 5) is 25.5. The smallest absolute Gasteiger partial charge is 0.306 e. The second-order valence-corrected chi connectivity index (χ2v) is 17.7. The molecule has 0 aromatic rings. The Kier molecular flexibility index (Phi) is 54.0. The van der Waals surface area contributed by atoms with E-state index in [0.717, 1.165) is 141 Å². The minimum absolute atomic E-state index is 0.0498. The monoisotopic (exact) mass is 939 g/mol. The summed E-state index contributed by atoms with van der Waals surface area (Å²) < 4.78 is 17.4. The molecule has 0 aromatic heterocycles. The van der Waals surface area contributed by atoms with E-state index in [1.54, 1.807) is 0 Å². The molecule has 0 aliphatic carbocycles. The molecule has 0 aliphatic rings. The zero-order chi connectivity index (χ0) is 49.2. The van der Waals surface area contributed by atoms with Crippen molar-refractivity contribution in [2.24, 2.45) is 0 Å². The summed E-state index contributed by atoms with van der Waals surface area (Å²) >= 11 is 0. The van der Waals surface area contributed by atoms with Crippen LogP contribution in [-0.4, -0.2) is 37.9 Å². The first-order chi connectivity index (χ1) is 33.6. The zero-order valence-corrected chi connectivity index (χ0v) is 44.1. The molecule has 0 spiro atoms. The van der Waals surface area contributed by atoms with E-state index in [9.17, 15) is 9.59 Å². The lowest BCUT2D eigenvalue weighted by molar-refractivity contribution is -0.163. The lowest BCUT2D eigenvalue weighted by Gasteiger charge is -2.18. The summed E-state index contributed by atoms with van der Waals surface area (Å²) in [7, 11) is 0. The van der Waals surface area contributed by atoms with Gasteiger partial charge in [-0.1, -0.05) is 219 Å². The zero-order valence-electron chi connectivity index (χ0n) is 44.1. The normalized spacial score (nSPS) is 13.3. The number of allylic oxidation sites excluding steroid dienone is 22. The molecule has 0 amide bonds. The van der Waals surface area contributed by atoms with Gasteiger partial charge in [-0.2, -0.15) is 0 Å². The van der Waals surface area contributed by atoms with E-state index in [-0.39, 0.29) is 25.2 Å². The van der Waals surface area contributed by atoms with Crippen LogP contribution < -0.4 is 0 Å². The van der Waals surface area contributed by atoms with Gasteiger partial charge in [-0.05, 0) is 128 Å². The molecule has 1 unspecified atom stereocenters. The van der Waals surface area contributed by atoms with Crippen LogP contribution in [0, 0.1) is 0 Å². The Morgan fingerprint density at radius 3 is 0.985 bits per heavy atom. The second kappa shape index (κ2) is 57.4. The van der Waals surface area contributed by atoms with Crippen LogP contribution in [0.25, 0.3) is 0 Å².